The lowest BCUT2D eigenvalue weighted by Crippen LogP contribution is -2.33. The van der Waals surface area contributed by atoms with E-state index in [9.17, 15) is 13.2 Å². The van der Waals surface area contributed by atoms with E-state index in [1.165, 1.54) is 0 Å². The normalized spacial score (nSPS) is 16.8. The second-order valence-electron chi connectivity index (χ2n) is 7.79. The van der Waals surface area contributed by atoms with Crippen LogP contribution in [0.3, 0.4) is 0 Å². The molecule has 0 radical (unpaired) electrons. The molecule has 1 heterocycles. The number of anilines is 1. The number of carbonyl (C=O) groups is 1. The maximum atomic E-state index is 12.7. The average Bonchev–Trinajstić information content (AvgIpc) is 3.35. The second kappa shape index (κ2) is 8.16. The minimum atomic E-state index is -3.53. The highest BCUT2D eigenvalue weighted by Crippen LogP contribution is 2.31. The number of benzene rings is 2. The molecule has 1 fully saturated rings. The standard InChI is InChI=1S/C22H26N2O4S/c1-16-5-4-8-19(13-16)28-15-22(25)24-12-11-17-14-20(9-10-21(17)24)29(26,27)23-18-6-2-3-7-18/h4-5,8-10,13-14,18,23H,2-3,6-7,11-12,15H2,1H3. The van der Waals surface area contributed by atoms with E-state index in [0.717, 1.165) is 42.5 Å². The number of carbonyl (C=O) groups excluding carboxylic acids is 1. The third kappa shape index (κ3) is 4.46. The van der Waals surface area contributed by atoms with Gasteiger partial charge in [0.1, 0.15) is 5.75 Å². The number of nitrogens with zero attached hydrogens (tertiary/aromatic N) is 1. The van der Waals surface area contributed by atoms with Crippen LogP contribution in [0.15, 0.2) is 47.4 Å². The number of rotatable bonds is 6. The first-order valence-corrected chi connectivity index (χ1v) is 11.6. The van der Waals surface area contributed by atoms with Gasteiger partial charge in [-0.25, -0.2) is 13.1 Å². The summed E-state index contributed by atoms with van der Waals surface area (Å²) in [4.78, 5) is 14.6. The summed E-state index contributed by atoms with van der Waals surface area (Å²) >= 11 is 0. The Labute approximate surface area is 171 Å². The highest BCUT2D eigenvalue weighted by atomic mass is 32.2. The quantitative estimate of drug-likeness (QED) is 0.788. The topological polar surface area (TPSA) is 75.7 Å². The maximum Gasteiger partial charge on any atom is 0.264 e. The van der Waals surface area contributed by atoms with Crippen molar-refractivity contribution in [2.75, 3.05) is 18.1 Å². The average molecular weight is 415 g/mol. The highest BCUT2D eigenvalue weighted by molar-refractivity contribution is 7.89. The smallest absolute Gasteiger partial charge is 0.264 e. The van der Waals surface area contributed by atoms with Crippen LogP contribution in [0.4, 0.5) is 5.69 Å². The van der Waals surface area contributed by atoms with Gasteiger partial charge in [0.05, 0.1) is 4.90 Å². The summed E-state index contributed by atoms with van der Waals surface area (Å²) in [7, 11) is -3.53. The van der Waals surface area contributed by atoms with E-state index in [1.807, 2.05) is 31.2 Å². The van der Waals surface area contributed by atoms with Crippen molar-refractivity contribution < 1.29 is 17.9 Å². The molecule has 1 amide bonds. The molecule has 0 atom stereocenters. The fourth-order valence-electron chi connectivity index (χ4n) is 4.06. The number of amides is 1. The van der Waals surface area contributed by atoms with Gasteiger partial charge >= 0.3 is 0 Å². The Morgan fingerprint density at radius 2 is 1.97 bits per heavy atom. The van der Waals surface area contributed by atoms with Crippen molar-refractivity contribution in [1.29, 1.82) is 0 Å². The number of aryl methyl sites for hydroxylation is 1. The van der Waals surface area contributed by atoms with Gasteiger partial charge in [-0.1, -0.05) is 25.0 Å². The summed E-state index contributed by atoms with van der Waals surface area (Å²) in [6, 6.07) is 12.6. The minimum Gasteiger partial charge on any atom is -0.484 e. The number of ether oxygens (including phenoxy) is 1. The molecule has 1 N–H and O–H groups in total. The van der Waals surface area contributed by atoms with Gasteiger partial charge in [0.15, 0.2) is 6.61 Å². The number of hydrogen-bond acceptors (Lipinski definition) is 4. The van der Waals surface area contributed by atoms with E-state index in [4.69, 9.17) is 4.74 Å². The molecule has 0 bridgehead atoms. The fraction of sp³-hybridized carbons (Fsp3) is 0.409. The Morgan fingerprint density at radius 1 is 1.17 bits per heavy atom. The minimum absolute atomic E-state index is 0.0325. The van der Waals surface area contributed by atoms with Crippen molar-refractivity contribution in [3.8, 4) is 5.75 Å². The Bertz CT molecular complexity index is 1010. The summed E-state index contributed by atoms with van der Waals surface area (Å²) in [6.45, 7) is 2.45. The summed E-state index contributed by atoms with van der Waals surface area (Å²) in [5.74, 6) is 0.530. The van der Waals surface area contributed by atoms with Crippen molar-refractivity contribution >= 4 is 21.6 Å². The van der Waals surface area contributed by atoms with Crippen LogP contribution in [0, 0.1) is 6.92 Å². The predicted molar refractivity (Wildman–Crippen MR) is 112 cm³/mol. The molecule has 29 heavy (non-hydrogen) atoms. The first-order valence-electron chi connectivity index (χ1n) is 10.1. The summed E-state index contributed by atoms with van der Waals surface area (Å²) in [5, 5.41) is 0. The van der Waals surface area contributed by atoms with Gasteiger partial charge in [-0.2, -0.15) is 0 Å². The molecule has 6 nitrogen and oxygen atoms in total. The number of fused-ring (bicyclic) bond motifs is 1. The zero-order valence-electron chi connectivity index (χ0n) is 16.6. The zero-order chi connectivity index (χ0) is 20.4. The molecule has 2 aliphatic rings. The third-order valence-corrected chi connectivity index (χ3v) is 7.10. The lowest BCUT2D eigenvalue weighted by Gasteiger charge is -2.18. The van der Waals surface area contributed by atoms with Crippen molar-refractivity contribution in [3.63, 3.8) is 0 Å². The van der Waals surface area contributed by atoms with E-state index >= 15 is 0 Å². The molecular weight excluding hydrogens is 388 g/mol. The maximum absolute atomic E-state index is 12.7. The molecule has 1 aliphatic carbocycles. The SMILES string of the molecule is Cc1cccc(OCC(=O)N2CCc3cc(S(=O)(=O)NC4CCCC4)ccc32)c1. The van der Waals surface area contributed by atoms with Gasteiger partial charge < -0.3 is 9.64 Å². The van der Waals surface area contributed by atoms with Crippen LogP contribution in [-0.2, 0) is 21.2 Å². The molecule has 1 saturated carbocycles. The summed E-state index contributed by atoms with van der Waals surface area (Å²) in [5.41, 5.74) is 2.72. The predicted octanol–water partition coefficient (Wildman–Crippen LogP) is 3.18. The highest BCUT2D eigenvalue weighted by Gasteiger charge is 2.28. The first kappa shape index (κ1) is 19.9. The molecule has 7 heteroatoms. The van der Waals surface area contributed by atoms with Gasteiger partial charge in [0.25, 0.3) is 5.91 Å². The second-order valence-corrected chi connectivity index (χ2v) is 9.51. The molecule has 0 saturated heterocycles. The Hall–Kier alpha value is -2.38. The Kier molecular flexibility index (Phi) is 5.61. The van der Waals surface area contributed by atoms with Crippen LogP contribution in [0.25, 0.3) is 0 Å². The first-order chi connectivity index (χ1) is 13.9. The summed E-state index contributed by atoms with van der Waals surface area (Å²) in [6.07, 6.45) is 4.57. The number of nitrogens with one attached hydrogen (secondary N) is 1. The van der Waals surface area contributed by atoms with Crippen LogP contribution in [0.2, 0.25) is 0 Å². The summed E-state index contributed by atoms with van der Waals surface area (Å²) < 4.78 is 33.8. The lowest BCUT2D eigenvalue weighted by atomic mass is 10.2. The van der Waals surface area contributed by atoms with Crippen LogP contribution in [-0.4, -0.2) is 33.5 Å². The monoisotopic (exact) mass is 414 g/mol. The number of sulfonamides is 1. The van der Waals surface area contributed by atoms with E-state index in [-0.39, 0.29) is 23.5 Å². The van der Waals surface area contributed by atoms with Gasteiger partial charge in [-0.05, 0) is 67.6 Å². The van der Waals surface area contributed by atoms with E-state index in [2.05, 4.69) is 4.72 Å². The number of hydrogen-bond donors (Lipinski definition) is 1. The van der Waals surface area contributed by atoms with Gasteiger partial charge in [-0.15, -0.1) is 0 Å². The van der Waals surface area contributed by atoms with E-state index in [1.54, 1.807) is 23.1 Å². The largest absolute Gasteiger partial charge is 0.484 e. The van der Waals surface area contributed by atoms with Crippen LogP contribution < -0.4 is 14.4 Å². The molecule has 4 rings (SSSR count). The van der Waals surface area contributed by atoms with Crippen molar-refractivity contribution in [3.05, 3.63) is 53.6 Å². The van der Waals surface area contributed by atoms with Gasteiger partial charge in [0.2, 0.25) is 10.0 Å². The van der Waals surface area contributed by atoms with Crippen LogP contribution >= 0.6 is 0 Å². The molecule has 0 unspecified atom stereocenters. The molecule has 0 aromatic heterocycles. The van der Waals surface area contributed by atoms with Crippen LogP contribution in [0.1, 0.15) is 36.8 Å². The Balaban J connectivity index is 1.44. The third-order valence-electron chi connectivity index (χ3n) is 5.59. The van der Waals surface area contributed by atoms with Crippen molar-refractivity contribution in [1.82, 2.24) is 4.72 Å². The molecule has 2 aromatic rings. The van der Waals surface area contributed by atoms with Gasteiger partial charge in [-0.3, -0.25) is 4.79 Å². The van der Waals surface area contributed by atoms with E-state index in [0.29, 0.717) is 18.7 Å². The van der Waals surface area contributed by atoms with E-state index < -0.39 is 10.0 Å². The molecular formula is C22H26N2O4S. The fourth-order valence-corrected chi connectivity index (χ4v) is 5.42. The Morgan fingerprint density at radius 3 is 2.72 bits per heavy atom. The molecule has 154 valence electrons. The van der Waals surface area contributed by atoms with Crippen LogP contribution in [0.5, 0.6) is 5.75 Å². The van der Waals surface area contributed by atoms with Crippen molar-refractivity contribution in [2.24, 2.45) is 0 Å². The zero-order valence-corrected chi connectivity index (χ0v) is 17.4. The molecule has 0 spiro atoms. The van der Waals surface area contributed by atoms with Crippen molar-refractivity contribution in [2.45, 2.75) is 50.0 Å². The molecule has 2 aromatic carbocycles. The lowest BCUT2D eigenvalue weighted by molar-refractivity contribution is -0.120. The molecule has 1 aliphatic heterocycles. The van der Waals surface area contributed by atoms with Gasteiger partial charge in [0, 0.05) is 18.3 Å².